The van der Waals surface area contributed by atoms with Crippen LogP contribution in [-0.4, -0.2) is 60.1 Å². The van der Waals surface area contributed by atoms with Crippen LogP contribution in [0.15, 0.2) is 61.3 Å². The number of fused-ring (bicyclic) bond motifs is 1. The van der Waals surface area contributed by atoms with Crippen LogP contribution in [0.25, 0.3) is 0 Å². The van der Waals surface area contributed by atoms with E-state index >= 15 is 0 Å². The molecule has 0 N–H and O–H groups in total. The molecule has 1 aromatic rings. The van der Waals surface area contributed by atoms with E-state index in [1.165, 1.54) is 29.1 Å². The molecule has 1 atom stereocenters. The monoisotopic (exact) mass is 502 g/mol. The maximum Gasteiger partial charge on any atom is 0.306 e. The molecule has 0 aliphatic carbocycles. The van der Waals surface area contributed by atoms with Gasteiger partial charge in [-0.25, -0.2) is 0 Å². The Morgan fingerprint density at radius 1 is 1.10 bits per heavy atom. The zero-order chi connectivity index (χ0) is 22.8. The summed E-state index contributed by atoms with van der Waals surface area (Å²) in [4.78, 5) is 2.37. The number of methoxy groups -OCH3 is 1. The van der Waals surface area contributed by atoms with Gasteiger partial charge in [-0.1, -0.05) is 23.9 Å². The third-order valence-electron chi connectivity index (χ3n) is 4.04. The van der Waals surface area contributed by atoms with Gasteiger partial charge >= 0.3 is 10.1 Å². The molecular weight excluding hydrogens is 480 g/mol. The molecule has 168 valence electrons. The lowest BCUT2D eigenvalue weighted by atomic mass is 10.1. The van der Waals surface area contributed by atoms with Crippen molar-refractivity contribution in [2.24, 2.45) is 4.40 Å². The van der Waals surface area contributed by atoms with E-state index in [4.69, 9.17) is 8.92 Å². The average molecular weight is 503 g/mol. The molecule has 0 saturated heterocycles. The highest BCUT2D eigenvalue weighted by Gasteiger charge is 2.36. The molecule has 0 aromatic heterocycles. The summed E-state index contributed by atoms with van der Waals surface area (Å²) in [5.74, 6) is 0.866. The summed E-state index contributed by atoms with van der Waals surface area (Å²) >= 11 is 2.58. The number of hydrogen-bond donors (Lipinski definition) is 0. The van der Waals surface area contributed by atoms with Crippen LogP contribution in [0.2, 0.25) is 0 Å². The van der Waals surface area contributed by atoms with Crippen LogP contribution in [0, 0.1) is 0 Å². The Bertz CT molecular complexity index is 1180. The number of nitrogens with zero attached hydrogens (tertiary/aromatic N) is 2. The van der Waals surface area contributed by atoms with Gasteiger partial charge in [0.15, 0.2) is 0 Å². The Labute approximate surface area is 191 Å². The van der Waals surface area contributed by atoms with Gasteiger partial charge in [0, 0.05) is 26.1 Å². The fourth-order valence-electron chi connectivity index (χ4n) is 2.69. The van der Waals surface area contributed by atoms with E-state index in [0.717, 1.165) is 34.2 Å². The van der Waals surface area contributed by atoms with Crippen molar-refractivity contribution in [3.8, 4) is 5.75 Å². The normalized spacial score (nSPS) is 19.2. The molecule has 3 rings (SSSR count). The minimum absolute atomic E-state index is 0.0480. The summed E-state index contributed by atoms with van der Waals surface area (Å²) < 4.78 is 62.5. The number of rotatable bonds is 8. The minimum Gasteiger partial charge on any atom is -0.497 e. The highest BCUT2D eigenvalue weighted by molar-refractivity contribution is 8.27. The number of benzene rings is 1. The van der Waals surface area contributed by atoms with Crippen LogP contribution in [0.5, 0.6) is 5.75 Å². The summed E-state index contributed by atoms with van der Waals surface area (Å²) in [5, 5.41) is 0. The van der Waals surface area contributed by atoms with Gasteiger partial charge in [-0.05, 0) is 34.8 Å². The van der Waals surface area contributed by atoms with Gasteiger partial charge in [0.05, 0.1) is 17.9 Å². The standard InChI is InChI=1S/C19H22N2O6S4/c1-21(2)12-20-31(24,25)18-11-16-17(27-30(4,22)23)10-15(28-19(16)29-18)9-13-5-7-14(26-3)8-6-13/h5-8,10-12,19H,9H2,1-4H3/b20-12-. The van der Waals surface area contributed by atoms with Gasteiger partial charge in [0.25, 0.3) is 10.0 Å². The van der Waals surface area contributed by atoms with Crippen LogP contribution in [0.4, 0.5) is 0 Å². The van der Waals surface area contributed by atoms with Gasteiger partial charge in [-0.2, -0.15) is 16.8 Å². The first kappa shape index (κ1) is 23.8. The van der Waals surface area contributed by atoms with Crippen LogP contribution < -0.4 is 4.74 Å². The second-order valence-corrected chi connectivity index (χ2v) is 13.0. The fourth-order valence-corrected chi connectivity index (χ4v) is 7.54. The van der Waals surface area contributed by atoms with Gasteiger partial charge in [-0.15, -0.1) is 16.2 Å². The second kappa shape index (κ2) is 9.31. The molecular formula is C19H22N2O6S4. The molecule has 0 bridgehead atoms. The summed E-state index contributed by atoms with van der Waals surface area (Å²) in [7, 11) is -2.77. The number of sulfonamides is 1. The van der Waals surface area contributed by atoms with Gasteiger partial charge < -0.3 is 13.8 Å². The first-order valence-electron chi connectivity index (χ1n) is 8.96. The molecule has 0 saturated carbocycles. The molecule has 2 aliphatic rings. The molecule has 0 fully saturated rings. The highest BCUT2D eigenvalue weighted by Crippen LogP contribution is 2.51. The molecule has 1 unspecified atom stereocenters. The average Bonchev–Trinajstić information content (AvgIpc) is 3.11. The van der Waals surface area contributed by atoms with Gasteiger partial charge in [0.1, 0.15) is 22.1 Å². The highest BCUT2D eigenvalue weighted by atomic mass is 32.3. The van der Waals surface area contributed by atoms with Crippen molar-refractivity contribution in [3.05, 3.63) is 62.5 Å². The molecule has 8 nitrogen and oxygen atoms in total. The number of hydrogen-bond acceptors (Lipinski definition) is 8. The summed E-state index contributed by atoms with van der Waals surface area (Å²) in [6.45, 7) is 0. The number of allylic oxidation sites excluding steroid dienone is 3. The SMILES string of the molecule is COc1ccc(CC2=CC(OS(C)(=O)=O)=C3C=C(S(=O)(=O)/N=C\N(C)C)SC3S2)cc1. The van der Waals surface area contributed by atoms with E-state index in [9.17, 15) is 16.8 Å². The summed E-state index contributed by atoms with van der Waals surface area (Å²) in [5.41, 5.74) is 1.50. The van der Waals surface area contributed by atoms with E-state index in [1.54, 1.807) is 27.3 Å². The first-order valence-corrected chi connectivity index (χ1v) is 14.0. The van der Waals surface area contributed by atoms with E-state index in [2.05, 4.69) is 4.40 Å². The molecule has 0 radical (unpaired) electrons. The molecule has 2 heterocycles. The third-order valence-corrected chi connectivity index (χ3v) is 8.86. The van der Waals surface area contributed by atoms with Crippen molar-refractivity contribution in [2.75, 3.05) is 27.5 Å². The quantitative estimate of drug-likeness (QED) is 0.302. The van der Waals surface area contributed by atoms with Crippen LogP contribution >= 0.6 is 23.5 Å². The Balaban J connectivity index is 1.94. The molecule has 0 spiro atoms. The van der Waals surface area contributed by atoms with Crippen LogP contribution in [0.1, 0.15) is 5.56 Å². The fraction of sp³-hybridized carbons (Fsp3) is 0.316. The van der Waals surface area contributed by atoms with Crippen LogP contribution in [-0.2, 0) is 30.7 Å². The van der Waals surface area contributed by atoms with Crippen molar-refractivity contribution in [2.45, 2.75) is 11.0 Å². The lowest BCUT2D eigenvalue weighted by molar-refractivity contribution is 0.414. The maximum atomic E-state index is 12.6. The number of thioether (sulfide) groups is 2. The summed E-state index contributed by atoms with van der Waals surface area (Å²) in [6.07, 6.45) is 5.79. The van der Waals surface area contributed by atoms with Crippen molar-refractivity contribution in [1.29, 1.82) is 0 Å². The van der Waals surface area contributed by atoms with E-state index < -0.39 is 20.1 Å². The third kappa shape index (κ3) is 6.31. The van der Waals surface area contributed by atoms with Crippen molar-refractivity contribution in [1.82, 2.24) is 4.90 Å². The summed E-state index contributed by atoms with van der Waals surface area (Å²) in [6, 6.07) is 7.53. The van der Waals surface area contributed by atoms with Gasteiger partial charge in [0.2, 0.25) is 0 Å². The molecule has 31 heavy (non-hydrogen) atoms. The van der Waals surface area contributed by atoms with Crippen molar-refractivity contribution >= 4 is 50.0 Å². The predicted molar refractivity (Wildman–Crippen MR) is 126 cm³/mol. The Kier molecular flexibility index (Phi) is 7.14. The Morgan fingerprint density at radius 2 is 1.77 bits per heavy atom. The largest absolute Gasteiger partial charge is 0.497 e. The Hall–Kier alpha value is -1.89. The van der Waals surface area contributed by atoms with Crippen LogP contribution in [0.3, 0.4) is 0 Å². The zero-order valence-electron chi connectivity index (χ0n) is 17.3. The van der Waals surface area contributed by atoms with Crippen molar-refractivity contribution in [3.63, 3.8) is 0 Å². The zero-order valence-corrected chi connectivity index (χ0v) is 20.6. The lowest BCUT2D eigenvalue weighted by Gasteiger charge is -2.22. The molecule has 0 amide bonds. The lowest BCUT2D eigenvalue weighted by Crippen LogP contribution is -2.11. The smallest absolute Gasteiger partial charge is 0.306 e. The Morgan fingerprint density at radius 3 is 2.35 bits per heavy atom. The van der Waals surface area contributed by atoms with Gasteiger partial charge in [-0.3, -0.25) is 0 Å². The van der Waals surface area contributed by atoms with E-state index in [1.807, 2.05) is 24.3 Å². The van der Waals surface area contributed by atoms with E-state index in [0.29, 0.717) is 12.0 Å². The predicted octanol–water partition coefficient (Wildman–Crippen LogP) is 2.93. The number of ether oxygens (including phenoxy) is 1. The first-order chi connectivity index (χ1) is 14.5. The maximum absolute atomic E-state index is 12.6. The topological polar surface area (TPSA) is 102 Å². The molecule has 2 aliphatic heterocycles. The minimum atomic E-state index is -3.90. The molecule has 1 aromatic carbocycles. The second-order valence-electron chi connectivity index (χ2n) is 6.93. The molecule has 12 heteroatoms. The van der Waals surface area contributed by atoms with Crippen molar-refractivity contribution < 1.29 is 25.8 Å². The van der Waals surface area contributed by atoms with E-state index in [-0.39, 0.29) is 14.6 Å².